The highest BCUT2D eigenvalue weighted by atomic mass is 15.0. The van der Waals surface area contributed by atoms with E-state index >= 15 is 0 Å². The standard InChI is InChI=1S/C82H64N6/c1-49-19-28-64(53(5)39-49)59-24-33-74-69(43-59)70-44-60(65-29-20-50(2)40-54(65)6)25-34-75(70)87(74)78-37-38-83-48-73(78)68-32-23-63(82-85-80(57-15-11-9-12-16-57)84-81(86-82)58-17-13-10-14-18-58)47-79(68)88-76-35-26-61(66-30-21-51(3)41-55(66)7)45-71(76)72-46-62(27-36-77(72)88)67-31-22-52(4)42-56(67)8/h9-48H,1-8H3. The van der Waals surface area contributed by atoms with Gasteiger partial charge in [-0.3, -0.25) is 4.98 Å². The summed E-state index contributed by atoms with van der Waals surface area (Å²) in [5.74, 6) is 1.78. The minimum atomic E-state index is 0.573. The first-order valence-corrected chi connectivity index (χ1v) is 30.3. The zero-order chi connectivity index (χ0) is 59.9. The van der Waals surface area contributed by atoms with E-state index in [1.165, 1.54) is 99.8 Å². The van der Waals surface area contributed by atoms with Gasteiger partial charge in [0.2, 0.25) is 0 Å². The second kappa shape index (κ2) is 21.6. The van der Waals surface area contributed by atoms with Crippen molar-refractivity contribution < 1.29 is 0 Å². The van der Waals surface area contributed by atoms with E-state index in [-0.39, 0.29) is 0 Å². The molecule has 422 valence electrons. The maximum Gasteiger partial charge on any atom is 0.164 e. The van der Waals surface area contributed by atoms with E-state index in [0.717, 1.165) is 72.0 Å². The van der Waals surface area contributed by atoms with Crippen LogP contribution in [0.15, 0.2) is 243 Å². The van der Waals surface area contributed by atoms with Gasteiger partial charge in [-0.15, -0.1) is 0 Å². The fraction of sp³-hybridized carbons (Fsp3) is 0.0976. The highest BCUT2D eigenvalue weighted by Crippen LogP contribution is 2.45. The molecule has 0 bridgehead atoms. The van der Waals surface area contributed by atoms with Gasteiger partial charge in [-0.2, -0.15) is 0 Å². The molecule has 0 N–H and O–H groups in total. The smallest absolute Gasteiger partial charge is 0.164 e. The molecule has 0 saturated heterocycles. The Bertz CT molecular complexity index is 5020. The Morgan fingerprint density at radius 3 is 0.943 bits per heavy atom. The zero-order valence-electron chi connectivity index (χ0n) is 50.8. The van der Waals surface area contributed by atoms with Crippen molar-refractivity contribution in [2.45, 2.75) is 55.4 Å². The summed E-state index contributed by atoms with van der Waals surface area (Å²) < 4.78 is 4.92. The molecule has 88 heavy (non-hydrogen) atoms. The second-order valence-corrected chi connectivity index (χ2v) is 24.0. The first-order chi connectivity index (χ1) is 42.9. The fourth-order valence-corrected chi connectivity index (χ4v) is 13.6. The third kappa shape index (κ3) is 9.45. The van der Waals surface area contributed by atoms with Crippen LogP contribution in [-0.2, 0) is 0 Å². The van der Waals surface area contributed by atoms with Crippen LogP contribution >= 0.6 is 0 Å². The molecule has 0 fully saturated rings. The monoisotopic (exact) mass is 1130 g/mol. The molecule has 0 amide bonds. The largest absolute Gasteiger partial charge is 0.309 e. The number of rotatable bonds is 10. The van der Waals surface area contributed by atoms with E-state index in [2.05, 4.69) is 259 Å². The van der Waals surface area contributed by atoms with Crippen molar-refractivity contribution in [3.05, 3.63) is 287 Å². The zero-order valence-corrected chi connectivity index (χ0v) is 50.8. The first kappa shape index (κ1) is 53.9. The normalized spacial score (nSPS) is 11.6. The molecular formula is C82H64N6. The number of aryl methyl sites for hydroxylation is 8. The van der Waals surface area contributed by atoms with Crippen molar-refractivity contribution in [3.8, 4) is 101 Å². The van der Waals surface area contributed by atoms with Gasteiger partial charge in [-0.25, -0.2) is 15.0 Å². The summed E-state index contributed by atoms with van der Waals surface area (Å²) in [7, 11) is 0. The van der Waals surface area contributed by atoms with Crippen molar-refractivity contribution in [3.63, 3.8) is 0 Å². The van der Waals surface area contributed by atoms with E-state index < -0.39 is 0 Å². The summed E-state index contributed by atoms with van der Waals surface area (Å²) in [5, 5.41) is 4.66. The van der Waals surface area contributed by atoms with Gasteiger partial charge < -0.3 is 9.13 Å². The Kier molecular flexibility index (Phi) is 13.2. The molecule has 0 aliphatic rings. The van der Waals surface area contributed by atoms with Crippen LogP contribution in [0.3, 0.4) is 0 Å². The van der Waals surface area contributed by atoms with Crippen LogP contribution < -0.4 is 0 Å². The molecule has 0 saturated carbocycles. The Morgan fingerprint density at radius 1 is 0.250 bits per heavy atom. The van der Waals surface area contributed by atoms with Crippen molar-refractivity contribution in [1.82, 2.24) is 29.1 Å². The second-order valence-electron chi connectivity index (χ2n) is 24.0. The quantitative estimate of drug-likeness (QED) is 0.137. The van der Waals surface area contributed by atoms with Crippen LogP contribution in [0.4, 0.5) is 0 Å². The van der Waals surface area contributed by atoms with Crippen molar-refractivity contribution in [2.24, 2.45) is 0 Å². The summed E-state index contributed by atoms with van der Waals surface area (Å²) in [6.45, 7) is 17.5. The van der Waals surface area contributed by atoms with Gasteiger partial charge in [0.1, 0.15) is 0 Å². The molecule has 0 unspecified atom stereocenters. The number of aromatic nitrogens is 6. The van der Waals surface area contributed by atoms with Gasteiger partial charge in [-0.1, -0.05) is 192 Å². The van der Waals surface area contributed by atoms with Crippen LogP contribution in [0.2, 0.25) is 0 Å². The number of pyridine rings is 1. The lowest BCUT2D eigenvalue weighted by Gasteiger charge is -2.19. The van der Waals surface area contributed by atoms with Crippen molar-refractivity contribution in [2.75, 3.05) is 0 Å². The molecule has 0 radical (unpaired) electrons. The highest BCUT2D eigenvalue weighted by Gasteiger charge is 2.25. The van der Waals surface area contributed by atoms with E-state index in [0.29, 0.717) is 17.5 Å². The lowest BCUT2D eigenvalue weighted by atomic mass is 9.95. The average Bonchev–Trinajstić information content (AvgIpc) is 1.87. The number of benzene rings is 11. The van der Waals surface area contributed by atoms with E-state index in [1.807, 2.05) is 48.8 Å². The summed E-state index contributed by atoms with van der Waals surface area (Å²) in [4.78, 5) is 20.8. The third-order valence-corrected chi connectivity index (χ3v) is 17.8. The van der Waals surface area contributed by atoms with Crippen LogP contribution in [-0.4, -0.2) is 29.1 Å². The van der Waals surface area contributed by atoms with Crippen molar-refractivity contribution >= 4 is 43.6 Å². The minimum absolute atomic E-state index is 0.573. The number of fused-ring (bicyclic) bond motifs is 6. The Hall–Kier alpha value is -10.8. The van der Waals surface area contributed by atoms with Crippen molar-refractivity contribution in [1.29, 1.82) is 0 Å². The number of nitrogens with zero attached hydrogens (tertiary/aromatic N) is 6. The molecule has 4 heterocycles. The van der Waals surface area contributed by atoms with Gasteiger partial charge in [0.25, 0.3) is 0 Å². The van der Waals surface area contributed by atoms with Crippen LogP contribution in [0, 0.1) is 55.4 Å². The van der Waals surface area contributed by atoms with Crippen LogP contribution in [0.1, 0.15) is 44.5 Å². The Balaban J connectivity index is 1.02. The molecule has 0 atom stereocenters. The summed E-state index contributed by atoms with van der Waals surface area (Å²) >= 11 is 0. The molecule has 15 rings (SSSR count). The lowest BCUT2D eigenvalue weighted by Crippen LogP contribution is -2.04. The van der Waals surface area contributed by atoms with E-state index in [4.69, 9.17) is 19.9 Å². The summed E-state index contributed by atoms with van der Waals surface area (Å²) in [6.07, 6.45) is 3.98. The van der Waals surface area contributed by atoms with Crippen LogP contribution in [0.5, 0.6) is 0 Å². The maximum atomic E-state index is 5.32. The average molecular weight is 1130 g/mol. The summed E-state index contributed by atoms with van der Waals surface area (Å²) in [6, 6.07) is 84.4. The summed E-state index contributed by atoms with van der Waals surface area (Å²) in [5.41, 5.74) is 30.6. The Labute approximate surface area is 513 Å². The molecular weight excluding hydrogens is 1070 g/mol. The van der Waals surface area contributed by atoms with Gasteiger partial charge in [0.05, 0.1) is 33.4 Å². The fourth-order valence-electron chi connectivity index (χ4n) is 13.6. The molecule has 6 nitrogen and oxygen atoms in total. The topological polar surface area (TPSA) is 61.4 Å². The predicted molar refractivity (Wildman–Crippen MR) is 368 cm³/mol. The molecule has 0 aliphatic carbocycles. The first-order valence-electron chi connectivity index (χ1n) is 30.3. The highest BCUT2D eigenvalue weighted by molar-refractivity contribution is 6.14. The molecule has 0 aliphatic heterocycles. The predicted octanol–water partition coefficient (Wildman–Crippen LogP) is 21.3. The SMILES string of the molecule is Cc1ccc(-c2ccc3c(c2)c2cc(-c4ccc(C)cc4C)ccc2n3-c2ccncc2-c2ccc(-c3nc(-c4ccccc4)nc(-c4ccccc4)n3)cc2-n2c3ccc(-c4ccc(C)cc4C)cc3c3cc(-c4ccc(C)cc4C)ccc32)c(C)c1. The molecule has 4 aromatic heterocycles. The number of hydrogen-bond donors (Lipinski definition) is 0. The number of hydrogen-bond acceptors (Lipinski definition) is 4. The van der Waals surface area contributed by atoms with E-state index in [1.54, 1.807) is 0 Å². The molecule has 6 heteroatoms. The lowest BCUT2D eigenvalue weighted by molar-refractivity contribution is 1.07. The van der Waals surface area contributed by atoms with Gasteiger partial charge in [-0.05, 0) is 183 Å². The van der Waals surface area contributed by atoms with E-state index in [9.17, 15) is 0 Å². The Morgan fingerprint density at radius 2 is 0.580 bits per heavy atom. The molecule has 0 spiro atoms. The van der Waals surface area contributed by atoms with Gasteiger partial charge in [0, 0.05) is 61.8 Å². The maximum absolute atomic E-state index is 5.32. The molecule has 15 aromatic rings. The van der Waals surface area contributed by atoms with Gasteiger partial charge in [0.15, 0.2) is 17.5 Å². The molecule has 11 aromatic carbocycles. The van der Waals surface area contributed by atoms with Crippen LogP contribution in [0.25, 0.3) is 145 Å². The minimum Gasteiger partial charge on any atom is -0.309 e. The van der Waals surface area contributed by atoms with Gasteiger partial charge >= 0.3 is 0 Å². The third-order valence-electron chi connectivity index (χ3n) is 17.8.